The van der Waals surface area contributed by atoms with Crippen molar-refractivity contribution in [3.05, 3.63) is 57.5 Å². The molecule has 0 radical (unpaired) electrons. The van der Waals surface area contributed by atoms with Crippen LogP contribution in [0.3, 0.4) is 0 Å². The molecular formula is C15H16N2O3. The van der Waals surface area contributed by atoms with E-state index in [1.54, 1.807) is 19.1 Å². The Labute approximate surface area is 116 Å². The molecule has 2 aromatic rings. The van der Waals surface area contributed by atoms with Gasteiger partial charge in [0.05, 0.1) is 0 Å². The van der Waals surface area contributed by atoms with Crippen LogP contribution in [-0.4, -0.2) is 15.6 Å². The molecule has 0 atom stereocenters. The molecule has 5 heteroatoms. The van der Waals surface area contributed by atoms with E-state index in [0.717, 1.165) is 11.1 Å². The van der Waals surface area contributed by atoms with Crippen LogP contribution in [0.15, 0.2) is 35.1 Å². The van der Waals surface area contributed by atoms with Crippen molar-refractivity contribution in [2.45, 2.75) is 13.8 Å². The number of hydrogen-bond acceptors (Lipinski definition) is 3. The number of hydrogen-bond donors (Lipinski definition) is 2. The molecule has 0 bridgehead atoms. The zero-order valence-corrected chi connectivity index (χ0v) is 11.6. The van der Waals surface area contributed by atoms with Gasteiger partial charge in [0, 0.05) is 24.9 Å². The van der Waals surface area contributed by atoms with E-state index in [2.05, 4.69) is 5.32 Å². The highest BCUT2D eigenvalue weighted by atomic mass is 16.3. The lowest BCUT2D eigenvalue weighted by Gasteiger charge is -2.12. The molecule has 0 unspecified atom stereocenters. The van der Waals surface area contributed by atoms with Gasteiger partial charge in [-0.2, -0.15) is 0 Å². The monoisotopic (exact) mass is 272 g/mol. The zero-order valence-electron chi connectivity index (χ0n) is 11.6. The molecule has 0 aliphatic heterocycles. The van der Waals surface area contributed by atoms with Crippen LogP contribution in [0.5, 0.6) is 5.75 Å². The van der Waals surface area contributed by atoms with Gasteiger partial charge in [-0.1, -0.05) is 12.1 Å². The number of anilines is 1. The number of pyridine rings is 1. The Morgan fingerprint density at radius 2 is 1.90 bits per heavy atom. The summed E-state index contributed by atoms with van der Waals surface area (Å²) in [6.45, 7) is 3.63. The number of aryl methyl sites for hydroxylation is 2. The fourth-order valence-corrected chi connectivity index (χ4v) is 1.95. The summed E-state index contributed by atoms with van der Waals surface area (Å²) in [5, 5.41) is 12.4. The molecule has 0 spiro atoms. The number of nitrogens with zero attached hydrogens (tertiary/aromatic N) is 1. The Kier molecular flexibility index (Phi) is 3.61. The molecular weight excluding hydrogens is 256 g/mol. The highest BCUT2D eigenvalue weighted by Crippen LogP contribution is 2.25. The van der Waals surface area contributed by atoms with Gasteiger partial charge in [0.1, 0.15) is 11.4 Å². The summed E-state index contributed by atoms with van der Waals surface area (Å²) in [4.78, 5) is 23.7. The zero-order chi connectivity index (χ0) is 14.9. The van der Waals surface area contributed by atoms with Gasteiger partial charge >= 0.3 is 0 Å². The van der Waals surface area contributed by atoms with Crippen molar-refractivity contribution in [1.29, 1.82) is 0 Å². The lowest BCUT2D eigenvalue weighted by molar-refractivity contribution is 0.101. The van der Waals surface area contributed by atoms with Gasteiger partial charge in [0.25, 0.3) is 11.5 Å². The lowest BCUT2D eigenvalue weighted by atomic mass is 10.1. The summed E-state index contributed by atoms with van der Waals surface area (Å²) >= 11 is 0. The van der Waals surface area contributed by atoms with Crippen LogP contribution in [0.25, 0.3) is 0 Å². The number of aromatic nitrogens is 1. The van der Waals surface area contributed by atoms with E-state index in [9.17, 15) is 14.7 Å². The van der Waals surface area contributed by atoms with Gasteiger partial charge < -0.3 is 15.0 Å². The topological polar surface area (TPSA) is 71.3 Å². The van der Waals surface area contributed by atoms with Gasteiger partial charge in [-0.05, 0) is 31.0 Å². The number of amides is 1. The minimum atomic E-state index is -0.392. The molecule has 2 rings (SSSR count). The third-order valence-electron chi connectivity index (χ3n) is 3.21. The van der Waals surface area contributed by atoms with Gasteiger partial charge in [-0.25, -0.2) is 0 Å². The maximum absolute atomic E-state index is 12.2. The minimum absolute atomic E-state index is 0.118. The summed E-state index contributed by atoms with van der Waals surface area (Å²) in [6.07, 6.45) is 0. The number of aromatic hydroxyl groups is 1. The molecule has 1 aromatic heterocycles. The highest BCUT2D eigenvalue weighted by Gasteiger charge is 2.12. The number of carbonyl (C=O) groups excluding carboxylic acids is 1. The smallest absolute Gasteiger partial charge is 0.272 e. The van der Waals surface area contributed by atoms with Crippen LogP contribution >= 0.6 is 0 Å². The number of phenols is 1. The Morgan fingerprint density at radius 3 is 2.60 bits per heavy atom. The van der Waals surface area contributed by atoms with Gasteiger partial charge in [-0.15, -0.1) is 0 Å². The molecule has 1 amide bonds. The molecule has 0 aliphatic carbocycles. The van der Waals surface area contributed by atoms with Crippen LogP contribution < -0.4 is 10.9 Å². The third kappa shape index (κ3) is 2.56. The van der Waals surface area contributed by atoms with Crippen molar-refractivity contribution in [2.24, 2.45) is 7.05 Å². The fourth-order valence-electron chi connectivity index (χ4n) is 1.95. The van der Waals surface area contributed by atoms with Crippen molar-refractivity contribution < 1.29 is 9.90 Å². The number of rotatable bonds is 2. The molecule has 1 aromatic carbocycles. The molecule has 0 saturated heterocycles. The van der Waals surface area contributed by atoms with E-state index in [1.807, 2.05) is 6.92 Å². The summed E-state index contributed by atoms with van der Waals surface area (Å²) in [5.74, 6) is -0.274. The molecule has 1 heterocycles. The highest BCUT2D eigenvalue weighted by molar-refractivity contribution is 6.03. The summed E-state index contributed by atoms with van der Waals surface area (Å²) < 4.78 is 1.28. The number of carbonyl (C=O) groups is 1. The largest absolute Gasteiger partial charge is 0.508 e. The quantitative estimate of drug-likeness (QED) is 0.878. The van der Waals surface area contributed by atoms with Crippen molar-refractivity contribution in [3.63, 3.8) is 0 Å². The maximum atomic E-state index is 12.2. The third-order valence-corrected chi connectivity index (χ3v) is 3.21. The Morgan fingerprint density at radius 1 is 1.20 bits per heavy atom. The first-order chi connectivity index (χ1) is 9.40. The van der Waals surface area contributed by atoms with Gasteiger partial charge in [-0.3, -0.25) is 9.59 Å². The van der Waals surface area contributed by atoms with Crippen molar-refractivity contribution >= 4 is 11.6 Å². The molecule has 0 fully saturated rings. The van der Waals surface area contributed by atoms with E-state index in [-0.39, 0.29) is 17.0 Å². The number of benzene rings is 1. The second-order valence-corrected chi connectivity index (χ2v) is 4.72. The molecule has 104 valence electrons. The van der Waals surface area contributed by atoms with Crippen LogP contribution in [0.1, 0.15) is 21.6 Å². The normalized spacial score (nSPS) is 10.3. The van der Waals surface area contributed by atoms with E-state index in [1.165, 1.54) is 29.8 Å². The fraction of sp³-hybridized carbons (Fsp3) is 0.200. The second kappa shape index (κ2) is 5.21. The van der Waals surface area contributed by atoms with E-state index in [0.29, 0.717) is 5.69 Å². The average molecular weight is 272 g/mol. The standard InChI is InChI=1S/C15H16N2O3/c1-9-7-10(2)13(18)8-11(9)16-15(20)12-5-4-6-14(19)17(12)3/h4-8,18H,1-3H3,(H,16,20). The minimum Gasteiger partial charge on any atom is -0.508 e. The molecule has 5 nitrogen and oxygen atoms in total. The first-order valence-electron chi connectivity index (χ1n) is 6.17. The Balaban J connectivity index is 2.35. The van der Waals surface area contributed by atoms with Gasteiger partial charge in [0.15, 0.2) is 0 Å². The SMILES string of the molecule is Cc1cc(C)c(NC(=O)c2cccc(=O)n2C)cc1O. The molecule has 20 heavy (non-hydrogen) atoms. The molecule has 0 aliphatic rings. The Hall–Kier alpha value is -2.56. The predicted molar refractivity (Wildman–Crippen MR) is 77.2 cm³/mol. The van der Waals surface area contributed by atoms with E-state index < -0.39 is 5.91 Å². The Bertz CT molecular complexity index is 732. The van der Waals surface area contributed by atoms with Crippen molar-refractivity contribution in [3.8, 4) is 5.75 Å². The first-order valence-corrected chi connectivity index (χ1v) is 6.17. The van der Waals surface area contributed by atoms with Gasteiger partial charge in [0.2, 0.25) is 0 Å². The average Bonchev–Trinajstić information content (AvgIpc) is 2.39. The molecule has 0 saturated carbocycles. The predicted octanol–water partition coefficient (Wildman–Crippen LogP) is 1.96. The van der Waals surface area contributed by atoms with Crippen molar-refractivity contribution in [2.75, 3.05) is 5.32 Å². The maximum Gasteiger partial charge on any atom is 0.272 e. The summed E-state index contributed by atoms with van der Waals surface area (Å²) in [7, 11) is 1.54. The summed E-state index contributed by atoms with van der Waals surface area (Å²) in [6, 6.07) is 7.79. The number of nitrogens with one attached hydrogen (secondary N) is 1. The molecule has 2 N–H and O–H groups in total. The van der Waals surface area contributed by atoms with Crippen LogP contribution in [0.4, 0.5) is 5.69 Å². The van der Waals surface area contributed by atoms with E-state index >= 15 is 0 Å². The van der Waals surface area contributed by atoms with Crippen LogP contribution in [0.2, 0.25) is 0 Å². The van der Waals surface area contributed by atoms with Crippen LogP contribution in [-0.2, 0) is 7.05 Å². The van der Waals surface area contributed by atoms with E-state index in [4.69, 9.17) is 0 Å². The second-order valence-electron chi connectivity index (χ2n) is 4.72. The number of phenolic OH excluding ortho intramolecular Hbond substituents is 1. The van der Waals surface area contributed by atoms with Crippen LogP contribution in [0, 0.1) is 13.8 Å². The summed E-state index contributed by atoms with van der Waals surface area (Å²) in [5.41, 5.74) is 2.12. The lowest BCUT2D eigenvalue weighted by Crippen LogP contribution is -2.25. The van der Waals surface area contributed by atoms with Crippen molar-refractivity contribution in [1.82, 2.24) is 4.57 Å². The first kappa shape index (κ1) is 13.9.